The molecule has 0 N–H and O–H groups in total. The molecule has 0 spiro atoms. The van der Waals surface area contributed by atoms with Gasteiger partial charge in [-0.3, -0.25) is 9.80 Å². The highest BCUT2D eigenvalue weighted by Gasteiger charge is 2.23. The summed E-state index contributed by atoms with van der Waals surface area (Å²) >= 11 is 0. The maximum Gasteiger partial charge on any atom is 0.0678 e. The molecule has 3 atom stereocenters. The van der Waals surface area contributed by atoms with Gasteiger partial charge in [0.15, 0.2) is 0 Å². The van der Waals surface area contributed by atoms with E-state index in [-0.39, 0.29) is 0 Å². The molecule has 0 saturated carbocycles. The molecule has 0 aromatic rings. The maximum absolute atomic E-state index is 5.62. The van der Waals surface area contributed by atoms with Gasteiger partial charge in [0.05, 0.1) is 25.4 Å². The van der Waals surface area contributed by atoms with Gasteiger partial charge in [-0.1, -0.05) is 13.8 Å². The Kier molecular flexibility index (Phi) is 12.2. The molecule has 2 aliphatic rings. The average molecular weight is 331 g/mol. The lowest BCUT2D eigenvalue weighted by atomic mass is 10.2. The van der Waals surface area contributed by atoms with Crippen LogP contribution in [0.2, 0.25) is 0 Å². The zero-order valence-corrected chi connectivity index (χ0v) is 17.1. The Morgan fingerprint density at radius 1 is 0.870 bits per heavy atom. The molecule has 0 radical (unpaired) electrons. The van der Waals surface area contributed by atoms with Crippen LogP contribution in [0.3, 0.4) is 0 Å². The number of rotatable bonds is 2. The van der Waals surface area contributed by atoms with Gasteiger partial charge in [0.25, 0.3) is 0 Å². The SMILES string of the molecule is CC.CC(C)N1CCOCC1C.CC1CN(C(C)C)CC(C)O1. The van der Waals surface area contributed by atoms with Crippen molar-refractivity contribution in [2.45, 2.75) is 92.6 Å². The molecule has 23 heavy (non-hydrogen) atoms. The summed E-state index contributed by atoms with van der Waals surface area (Å²) in [6.07, 6.45) is 0.808. The fourth-order valence-corrected chi connectivity index (χ4v) is 3.15. The summed E-state index contributed by atoms with van der Waals surface area (Å²) in [4.78, 5) is 4.95. The van der Waals surface area contributed by atoms with Crippen LogP contribution in [0.15, 0.2) is 0 Å². The molecule has 4 heteroatoms. The fraction of sp³-hybridized carbons (Fsp3) is 1.00. The highest BCUT2D eigenvalue weighted by Crippen LogP contribution is 2.12. The summed E-state index contributed by atoms with van der Waals surface area (Å²) in [7, 11) is 0. The molecule has 2 saturated heterocycles. The lowest BCUT2D eigenvalue weighted by molar-refractivity contribution is -0.0764. The van der Waals surface area contributed by atoms with E-state index in [2.05, 4.69) is 58.3 Å². The van der Waals surface area contributed by atoms with E-state index in [9.17, 15) is 0 Å². The second-order valence-electron chi connectivity index (χ2n) is 7.06. The van der Waals surface area contributed by atoms with Crippen LogP contribution in [0.1, 0.15) is 62.3 Å². The predicted molar refractivity (Wildman–Crippen MR) is 100 cm³/mol. The Hall–Kier alpha value is -0.160. The zero-order chi connectivity index (χ0) is 18.0. The van der Waals surface area contributed by atoms with E-state index in [0.29, 0.717) is 30.3 Å². The van der Waals surface area contributed by atoms with Crippen molar-refractivity contribution in [3.63, 3.8) is 0 Å². The lowest BCUT2D eigenvalue weighted by Gasteiger charge is -2.37. The Balaban J connectivity index is 0.000000381. The van der Waals surface area contributed by atoms with E-state index in [1.165, 1.54) is 0 Å². The van der Waals surface area contributed by atoms with Gasteiger partial charge < -0.3 is 9.47 Å². The minimum absolute atomic E-state index is 0.404. The van der Waals surface area contributed by atoms with Crippen LogP contribution in [0, 0.1) is 0 Å². The Morgan fingerprint density at radius 2 is 1.39 bits per heavy atom. The predicted octanol–water partition coefficient (Wildman–Crippen LogP) is 3.65. The van der Waals surface area contributed by atoms with Crippen molar-refractivity contribution < 1.29 is 9.47 Å². The van der Waals surface area contributed by atoms with E-state index < -0.39 is 0 Å². The molecule has 2 fully saturated rings. The van der Waals surface area contributed by atoms with E-state index in [4.69, 9.17) is 9.47 Å². The first-order valence-corrected chi connectivity index (χ1v) is 9.54. The summed E-state index contributed by atoms with van der Waals surface area (Å²) in [5.74, 6) is 0. The smallest absolute Gasteiger partial charge is 0.0678 e. The molecular weight excluding hydrogens is 288 g/mol. The minimum atomic E-state index is 0.404. The normalized spacial score (nSPS) is 29.6. The second kappa shape index (κ2) is 12.2. The fourth-order valence-electron chi connectivity index (χ4n) is 3.15. The van der Waals surface area contributed by atoms with Crippen molar-refractivity contribution in [3.05, 3.63) is 0 Å². The van der Waals surface area contributed by atoms with Gasteiger partial charge in [-0.2, -0.15) is 0 Å². The molecule has 0 amide bonds. The van der Waals surface area contributed by atoms with Crippen molar-refractivity contribution in [1.29, 1.82) is 0 Å². The molecule has 3 unspecified atom stereocenters. The van der Waals surface area contributed by atoms with Crippen LogP contribution in [0.5, 0.6) is 0 Å². The van der Waals surface area contributed by atoms with Crippen molar-refractivity contribution in [2.75, 3.05) is 32.8 Å². The van der Waals surface area contributed by atoms with Gasteiger partial charge in [-0.25, -0.2) is 0 Å². The van der Waals surface area contributed by atoms with Gasteiger partial charge >= 0.3 is 0 Å². The van der Waals surface area contributed by atoms with Gasteiger partial charge in [0.1, 0.15) is 0 Å². The molecule has 2 heterocycles. The van der Waals surface area contributed by atoms with E-state index in [1.54, 1.807) is 0 Å². The Bertz CT molecular complexity index is 275. The van der Waals surface area contributed by atoms with Crippen LogP contribution in [-0.2, 0) is 9.47 Å². The van der Waals surface area contributed by atoms with Crippen LogP contribution < -0.4 is 0 Å². The van der Waals surface area contributed by atoms with Gasteiger partial charge in [0.2, 0.25) is 0 Å². The second-order valence-corrected chi connectivity index (χ2v) is 7.06. The number of morpholine rings is 2. The van der Waals surface area contributed by atoms with Crippen molar-refractivity contribution >= 4 is 0 Å². The molecule has 2 aliphatic heterocycles. The van der Waals surface area contributed by atoms with E-state index >= 15 is 0 Å². The number of nitrogens with zero attached hydrogens (tertiary/aromatic N) is 2. The molecule has 4 nitrogen and oxygen atoms in total. The van der Waals surface area contributed by atoms with Crippen LogP contribution in [0.25, 0.3) is 0 Å². The van der Waals surface area contributed by atoms with Crippen LogP contribution in [0.4, 0.5) is 0 Å². The quantitative estimate of drug-likeness (QED) is 0.771. The number of hydrogen-bond donors (Lipinski definition) is 0. The lowest BCUT2D eigenvalue weighted by Crippen LogP contribution is -2.48. The molecular formula is C19H42N2O2. The van der Waals surface area contributed by atoms with Crippen LogP contribution in [-0.4, -0.2) is 73.0 Å². The highest BCUT2D eigenvalue weighted by molar-refractivity contribution is 4.75. The standard InChI is InChI=1S/C9H19NO.C8H17NO.C2H6/c1-7(2)10-5-8(3)11-9(4)6-10;1-7(2)9-4-5-10-6-8(9)3;1-2/h7-9H,5-6H2,1-4H3;7-8H,4-6H2,1-3H3;1-2H3. The molecule has 140 valence electrons. The summed E-state index contributed by atoms with van der Waals surface area (Å²) in [6.45, 7) is 24.5. The monoisotopic (exact) mass is 330 g/mol. The average Bonchev–Trinajstić information content (AvgIpc) is 2.49. The van der Waals surface area contributed by atoms with Crippen molar-refractivity contribution in [3.8, 4) is 0 Å². The maximum atomic E-state index is 5.62. The molecule has 0 aromatic heterocycles. The summed E-state index contributed by atoms with van der Waals surface area (Å²) in [6, 6.07) is 1.93. The summed E-state index contributed by atoms with van der Waals surface area (Å²) in [5, 5.41) is 0. The number of ether oxygens (including phenoxy) is 2. The number of hydrogen-bond acceptors (Lipinski definition) is 4. The first-order valence-electron chi connectivity index (χ1n) is 9.54. The molecule has 0 bridgehead atoms. The minimum Gasteiger partial charge on any atom is -0.379 e. The van der Waals surface area contributed by atoms with Gasteiger partial charge in [0, 0.05) is 37.8 Å². The molecule has 0 aliphatic carbocycles. The zero-order valence-electron chi connectivity index (χ0n) is 17.1. The largest absolute Gasteiger partial charge is 0.379 e. The van der Waals surface area contributed by atoms with E-state index in [0.717, 1.165) is 32.8 Å². The van der Waals surface area contributed by atoms with Gasteiger partial charge in [-0.15, -0.1) is 0 Å². The van der Waals surface area contributed by atoms with Crippen molar-refractivity contribution in [1.82, 2.24) is 9.80 Å². The molecule has 0 aromatic carbocycles. The van der Waals surface area contributed by atoms with Crippen molar-refractivity contribution in [2.24, 2.45) is 0 Å². The third kappa shape index (κ3) is 9.04. The third-order valence-electron chi connectivity index (χ3n) is 4.26. The van der Waals surface area contributed by atoms with Gasteiger partial charge in [-0.05, 0) is 48.5 Å². The Labute approximate surface area is 145 Å². The molecule has 2 rings (SSSR count). The summed E-state index contributed by atoms with van der Waals surface area (Å²) in [5.41, 5.74) is 0. The Morgan fingerprint density at radius 3 is 1.74 bits per heavy atom. The first kappa shape index (κ1) is 22.8. The highest BCUT2D eigenvalue weighted by atomic mass is 16.5. The summed E-state index contributed by atoms with van der Waals surface area (Å²) < 4.78 is 10.9. The van der Waals surface area contributed by atoms with E-state index in [1.807, 2.05) is 13.8 Å². The third-order valence-corrected chi connectivity index (χ3v) is 4.26. The first-order chi connectivity index (χ1) is 10.8. The van der Waals surface area contributed by atoms with Crippen LogP contribution >= 0.6 is 0 Å². The topological polar surface area (TPSA) is 24.9 Å².